The molecule has 1 aromatic carbocycles. The Morgan fingerprint density at radius 1 is 1.13 bits per heavy atom. The van der Waals surface area contributed by atoms with E-state index < -0.39 is 0 Å². The van der Waals surface area contributed by atoms with Crippen LogP contribution in [-0.2, 0) is 0 Å². The predicted molar refractivity (Wildman–Crippen MR) is 60.5 cm³/mol. The molecule has 0 fully saturated rings. The Morgan fingerprint density at radius 3 is 2.47 bits per heavy atom. The van der Waals surface area contributed by atoms with Crippen molar-refractivity contribution in [1.82, 2.24) is 4.98 Å². The number of phenolic OH excluding ortho intramolecular Hbond substituents is 1. The lowest BCUT2D eigenvalue weighted by Crippen LogP contribution is -1.93. The maximum absolute atomic E-state index is 9.19. The topological polar surface area (TPSA) is 59.1 Å². The van der Waals surface area contributed by atoms with Gasteiger partial charge >= 0.3 is 0 Å². The van der Waals surface area contributed by atoms with Crippen molar-refractivity contribution in [2.45, 2.75) is 6.92 Å². The average Bonchev–Trinajstić information content (AvgIpc) is 2.24. The van der Waals surface area contributed by atoms with Crippen molar-refractivity contribution < 1.29 is 5.11 Å². The number of hydrogen-bond donors (Lipinski definition) is 2. The lowest BCUT2D eigenvalue weighted by Gasteiger charge is -2.07. The van der Waals surface area contributed by atoms with Gasteiger partial charge in [0.05, 0.1) is 11.9 Å². The fourth-order valence-corrected chi connectivity index (χ4v) is 1.47. The van der Waals surface area contributed by atoms with Gasteiger partial charge in [-0.3, -0.25) is 4.98 Å². The number of nitrogens with zero attached hydrogens (tertiary/aromatic N) is 1. The molecule has 0 aliphatic rings. The minimum atomic E-state index is 0.258. The van der Waals surface area contributed by atoms with Gasteiger partial charge < -0.3 is 10.8 Å². The second-order valence-electron chi connectivity index (χ2n) is 3.45. The lowest BCUT2D eigenvalue weighted by atomic mass is 10.0. The molecule has 0 saturated heterocycles. The molecule has 0 aliphatic heterocycles. The first-order valence-electron chi connectivity index (χ1n) is 4.68. The van der Waals surface area contributed by atoms with Crippen molar-refractivity contribution in [3.05, 3.63) is 42.2 Å². The fraction of sp³-hybridized carbons (Fsp3) is 0.0833. The summed E-state index contributed by atoms with van der Waals surface area (Å²) in [6, 6.07) is 6.99. The fourth-order valence-electron chi connectivity index (χ4n) is 1.47. The van der Waals surface area contributed by atoms with Crippen LogP contribution < -0.4 is 5.73 Å². The van der Waals surface area contributed by atoms with Crippen LogP contribution in [0.15, 0.2) is 36.7 Å². The van der Waals surface area contributed by atoms with Crippen molar-refractivity contribution in [2.75, 3.05) is 5.73 Å². The third-order valence-corrected chi connectivity index (χ3v) is 2.43. The van der Waals surface area contributed by atoms with E-state index in [2.05, 4.69) is 4.98 Å². The minimum absolute atomic E-state index is 0.258. The van der Waals surface area contributed by atoms with Gasteiger partial charge in [0, 0.05) is 11.8 Å². The minimum Gasteiger partial charge on any atom is -0.508 e. The number of rotatable bonds is 1. The van der Waals surface area contributed by atoms with Crippen molar-refractivity contribution >= 4 is 5.69 Å². The molecule has 15 heavy (non-hydrogen) atoms. The first-order chi connectivity index (χ1) is 7.18. The quantitative estimate of drug-likeness (QED) is 0.742. The van der Waals surface area contributed by atoms with E-state index in [1.54, 1.807) is 24.5 Å². The summed E-state index contributed by atoms with van der Waals surface area (Å²) in [7, 11) is 0. The number of hydrogen-bond acceptors (Lipinski definition) is 3. The molecule has 0 aliphatic carbocycles. The summed E-state index contributed by atoms with van der Waals surface area (Å²) in [5, 5.41) is 9.19. The zero-order valence-corrected chi connectivity index (χ0v) is 8.44. The van der Waals surface area contributed by atoms with E-state index in [0.717, 1.165) is 16.7 Å². The molecule has 76 valence electrons. The van der Waals surface area contributed by atoms with E-state index in [9.17, 15) is 5.11 Å². The van der Waals surface area contributed by atoms with Crippen LogP contribution in [0.3, 0.4) is 0 Å². The highest BCUT2D eigenvalue weighted by atomic mass is 16.3. The molecular formula is C12H12N2O. The average molecular weight is 200 g/mol. The highest BCUT2D eigenvalue weighted by Crippen LogP contribution is 2.26. The van der Waals surface area contributed by atoms with E-state index in [4.69, 9.17) is 5.73 Å². The number of aromatic hydroxyl groups is 1. The third kappa shape index (κ3) is 1.76. The largest absolute Gasteiger partial charge is 0.508 e. The van der Waals surface area contributed by atoms with Gasteiger partial charge in [0.1, 0.15) is 5.75 Å². The molecule has 0 spiro atoms. The number of nitrogen functional groups attached to an aromatic ring is 1. The van der Waals surface area contributed by atoms with Gasteiger partial charge in [0.25, 0.3) is 0 Å². The molecule has 3 N–H and O–H groups in total. The maximum Gasteiger partial charge on any atom is 0.115 e. The van der Waals surface area contributed by atoms with Crippen LogP contribution in [0.4, 0.5) is 5.69 Å². The Bertz CT molecular complexity index is 477. The van der Waals surface area contributed by atoms with E-state index in [1.807, 2.05) is 19.1 Å². The van der Waals surface area contributed by atoms with Crippen LogP contribution in [0.1, 0.15) is 5.56 Å². The first kappa shape index (κ1) is 9.52. The zero-order chi connectivity index (χ0) is 10.8. The molecule has 0 bridgehead atoms. The number of benzene rings is 1. The van der Waals surface area contributed by atoms with Crippen LogP contribution in [0.5, 0.6) is 5.75 Å². The van der Waals surface area contributed by atoms with Crippen molar-refractivity contribution in [3.63, 3.8) is 0 Å². The van der Waals surface area contributed by atoms with E-state index in [0.29, 0.717) is 5.69 Å². The van der Waals surface area contributed by atoms with Crippen LogP contribution in [0.25, 0.3) is 11.1 Å². The molecule has 0 amide bonds. The summed E-state index contributed by atoms with van der Waals surface area (Å²) < 4.78 is 0. The Labute approximate surface area is 88.2 Å². The summed E-state index contributed by atoms with van der Waals surface area (Å²) in [4.78, 5) is 4.06. The third-order valence-electron chi connectivity index (χ3n) is 2.43. The van der Waals surface area contributed by atoms with Gasteiger partial charge in [-0.05, 0) is 30.2 Å². The highest BCUT2D eigenvalue weighted by molar-refractivity contribution is 5.71. The molecule has 0 radical (unpaired) electrons. The Hall–Kier alpha value is -2.03. The van der Waals surface area contributed by atoms with Crippen molar-refractivity contribution in [3.8, 4) is 16.9 Å². The zero-order valence-electron chi connectivity index (χ0n) is 8.44. The Morgan fingerprint density at radius 2 is 1.80 bits per heavy atom. The standard InChI is InChI=1S/C12H12N2O/c1-8-11(6-14-7-12(8)13)9-2-4-10(15)5-3-9/h2-7,15H,13H2,1H3. The van der Waals surface area contributed by atoms with E-state index >= 15 is 0 Å². The summed E-state index contributed by atoms with van der Waals surface area (Å²) in [6.45, 7) is 1.96. The molecule has 3 heteroatoms. The number of pyridine rings is 1. The summed E-state index contributed by atoms with van der Waals surface area (Å²) >= 11 is 0. The highest BCUT2D eigenvalue weighted by Gasteiger charge is 2.04. The van der Waals surface area contributed by atoms with Crippen molar-refractivity contribution in [2.24, 2.45) is 0 Å². The van der Waals surface area contributed by atoms with Crippen LogP contribution in [-0.4, -0.2) is 10.1 Å². The van der Waals surface area contributed by atoms with E-state index in [1.165, 1.54) is 0 Å². The normalized spacial score (nSPS) is 10.2. The molecule has 2 rings (SSSR count). The summed E-state index contributed by atoms with van der Waals surface area (Å²) in [5.74, 6) is 0.258. The van der Waals surface area contributed by atoms with Gasteiger partial charge in [-0.1, -0.05) is 12.1 Å². The SMILES string of the molecule is Cc1c(N)cncc1-c1ccc(O)cc1. The molecule has 2 aromatic rings. The molecule has 1 aromatic heterocycles. The van der Waals surface area contributed by atoms with E-state index in [-0.39, 0.29) is 5.75 Å². The Balaban J connectivity index is 2.54. The smallest absolute Gasteiger partial charge is 0.115 e. The molecule has 0 atom stereocenters. The number of phenols is 1. The Kier molecular flexibility index (Phi) is 2.29. The summed E-state index contributed by atoms with van der Waals surface area (Å²) in [5.41, 5.74) is 9.47. The molecule has 1 heterocycles. The number of aromatic nitrogens is 1. The first-order valence-corrected chi connectivity index (χ1v) is 4.68. The van der Waals surface area contributed by atoms with Crippen LogP contribution >= 0.6 is 0 Å². The van der Waals surface area contributed by atoms with Gasteiger partial charge in [0.2, 0.25) is 0 Å². The number of nitrogens with two attached hydrogens (primary N) is 1. The maximum atomic E-state index is 9.19. The molecular weight excluding hydrogens is 188 g/mol. The number of anilines is 1. The van der Waals surface area contributed by atoms with Crippen LogP contribution in [0.2, 0.25) is 0 Å². The summed E-state index contributed by atoms with van der Waals surface area (Å²) in [6.07, 6.45) is 3.41. The van der Waals surface area contributed by atoms with Gasteiger partial charge in [-0.25, -0.2) is 0 Å². The van der Waals surface area contributed by atoms with Crippen molar-refractivity contribution in [1.29, 1.82) is 0 Å². The predicted octanol–water partition coefficient (Wildman–Crippen LogP) is 2.34. The second kappa shape index (κ2) is 3.61. The molecule has 3 nitrogen and oxygen atoms in total. The van der Waals surface area contributed by atoms with Gasteiger partial charge in [-0.15, -0.1) is 0 Å². The lowest BCUT2D eigenvalue weighted by molar-refractivity contribution is 0.475. The van der Waals surface area contributed by atoms with Gasteiger partial charge in [-0.2, -0.15) is 0 Å². The monoisotopic (exact) mass is 200 g/mol. The molecule has 0 unspecified atom stereocenters. The molecule has 0 saturated carbocycles. The van der Waals surface area contributed by atoms with Gasteiger partial charge in [0.15, 0.2) is 0 Å². The van der Waals surface area contributed by atoms with Crippen LogP contribution in [0, 0.1) is 6.92 Å². The second-order valence-corrected chi connectivity index (χ2v) is 3.45.